The molecular weight excluding hydrogens is 440 g/mol. The van der Waals surface area contributed by atoms with Gasteiger partial charge in [-0.3, -0.25) is 4.58 Å². The quantitative estimate of drug-likeness (QED) is 0.693. The topological polar surface area (TPSA) is 35.7 Å². The standard InChI is InChI=1S/C22H26ClN2O2.BrH/c1-2-27-20-13-11-19(12-14-20)25-21-6-4-3-5-15-24(21)16-22(25,26)17-7-9-18(23)10-8-17;/h7-14,26H,2-6,15-16H2,1H3;1H/q+1;/p-1. The normalized spacial score (nSPS) is 21.8. The molecule has 4 nitrogen and oxygen atoms in total. The van der Waals surface area contributed by atoms with Gasteiger partial charge < -0.3 is 26.8 Å². The SMILES string of the molecule is CCOc1ccc(N2C3=[N+](CCCCC3)CC2(O)c2ccc(Cl)cc2)cc1.[Br-]. The fourth-order valence-electron chi connectivity index (χ4n) is 4.18. The lowest BCUT2D eigenvalue weighted by atomic mass is 10.00. The smallest absolute Gasteiger partial charge is 0.275 e. The Morgan fingerprint density at radius 3 is 2.46 bits per heavy atom. The van der Waals surface area contributed by atoms with Gasteiger partial charge in [0.1, 0.15) is 11.4 Å². The van der Waals surface area contributed by atoms with Crippen LogP contribution in [0.3, 0.4) is 0 Å². The Balaban J connectivity index is 0.00000225. The number of anilines is 1. The summed E-state index contributed by atoms with van der Waals surface area (Å²) in [6, 6.07) is 15.6. The van der Waals surface area contributed by atoms with Gasteiger partial charge in [0.05, 0.1) is 13.2 Å². The minimum absolute atomic E-state index is 0. The highest BCUT2D eigenvalue weighted by atomic mass is 79.9. The first-order valence-electron chi connectivity index (χ1n) is 9.74. The van der Waals surface area contributed by atoms with Crippen LogP contribution in [0.2, 0.25) is 5.02 Å². The predicted molar refractivity (Wildman–Crippen MR) is 109 cm³/mol. The molecule has 0 saturated carbocycles. The molecule has 0 fully saturated rings. The number of ether oxygens (including phenoxy) is 1. The molecule has 2 aromatic carbocycles. The van der Waals surface area contributed by atoms with Gasteiger partial charge in [-0.15, -0.1) is 0 Å². The second kappa shape index (κ2) is 8.85. The first-order chi connectivity index (χ1) is 13.1. The monoisotopic (exact) mass is 464 g/mol. The van der Waals surface area contributed by atoms with Crippen LogP contribution in [0.4, 0.5) is 5.69 Å². The fourth-order valence-corrected chi connectivity index (χ4v) is 4.31. The highest BCUT2D eigenvalue weighted by Crippen LogP contribution is 2.38. The second-order valence-corrected chi connectivity index (χ2v) is 7.67. The predicted octanol–water partition coefficient (Wildman–Crippen LogP) is 1.39. The highest BCUT2D eigenvalue weighted by Gasteiger charge is 2.53. The molecule has 0 spiro atoms. The van der Waals surface area contributed by atoms with Gasteiger partial charge in [0.25, 0.3) is 11.6 Å². The third kappa shape index (κ3) is 3.93. The van der Waals surface area contributed by atoms with Crippen LogP contribution in [0, 0.1) is 0 Å². The van der Waals surface area contributed by atoms with Gasteiger partial charge in [-0.2, -0.15) is 4.90 Å². The molecule has 0 radical (unpaired) electrons. The zero-order valence-corrected chi connectivity index (χ0v) is 18.4. The first-order valence-corrected chi connectivity index (χ1v) is 10.1. The van der Waals surface area contributed by atoms with Crippen molar-refractivity contribution < 1.29 is 31.4 Å². The van der Waals surface area contributed by atoms with Crippen molar-refractivity contribution in [2.24, 2.45) is 0 Å². The number of benzene rings is 2. The summed E-state index contributed by atoms with van der Waals surface area (Å²) in [4.78, 5) is 2.11. The lowest BCUT2D eigenvalue weighted by Crippen LogP contribution is -3.00. The summed E-state index contributed by atoms with van der Waals surface area (Å²) in [5.41, 5.74) is 0.737. The Bertz CT molecular complexity index is 839. The van der Waals surface area contributed by atoms with Crippen LogP contribution in [0.25, 0.3) is 0 Å². The molecular formula is C22H26BrClN2O2. The Morgan fingerprint density at radius 2 is 1.79 bits per heavy atom. The van der Waals surface area contributed by atoms with Crippen LogP contribution in [-0.2, 0) is 5.72 Å². The summed E-state index contributed by atoms with van der Waals surface area (Å²) in [7, 11) is 0. The molecule has 0 saturated heterocycles. The van der Waals surface area contributed by atoms with Gasteiger partial charge in [-0.05, 0) is 62.6 Å². The Morgan fingerprint density at radius 1 is 1.07 bits per heavy atom. The Labute approximate surface area is 182 Å². The number of hydrogen-bond donors (Lipinski definition) is 1. The van der Waals surface area contributed by atoms with Crippen LogP contribution in [0.1, 0.15) is 38.2 Å². The van der Waals surface area contributed by atoms with E-state index in [1.807, 2.05) is 55.5 Å². The molecule has 2 aliphatic rings. The van der Waals surface area contributed by atoms with Crippen LogP contribution < -0.4 is 26.6 Å². The molecule has 0 aliphatic carbocycles. The minimum Gasteiger partial charge on any atom is -1.00 e. The molecule has 150 valence electrons. The average Bonchev–Trinajstić information content (AvgIpc) is 2.80. The van der Waals surface area contributed by atoms with Crippen LogP contribution in [0.5, 0.6) is 5.75 Å². The van der Waals surface area contributed by atoms with E-state index >= 15 is 0 Å². The summed E-state index contributed by atoms with van der Waals surface area (Å²) in [6.07, 6.45) is 4.52. The summed E-state index contributed by atoms with van der Waals surface area (Å²) in [6.45, 7) is 4.17. The molecule has 4 rings (SSSR count). The fraction of sp³-hybridized carbons (Fsp3) is 0.409. The molecule has 28 heavy (non-hydrogen) atoms. The molecule has 0 aromatic heterocycles. The number of aliphatic hydroxyl groups is 1. The van der Waals surface area contributed by atoms with E-state index in [-0.39, 0.29) is 17.0 Å². The zero-order valence-electron chi connectivity index (χ0n) is 16.1. The minimum atomic E-state index is -1.11. The van der Waals surface area contributed by atoms with E-state index in [1.165, 1.54) is 12.3 Å². The maximum atomic E-state index is 11.9. The summed E-state index contributed by atoms with van der Waals surface area (Å²) in [5.74, 6) is 2.05. The van der Waals surface area contributed by atoms with Crippen molar-refractivity contribution in [3.05, 3.63) is 59.1 Å². The maximum Gasteiger partial charge on any atom is 0.275 e. The van der Waals surface area contributed by atoms with E-state index in [2.05, 4.69) is 9.48 Å². The molecule has 1 unspecified atom stereocenters. The molecule has 6 heteroatoms. The number of amidine groups is 1. The number of rotatable bonds is 4. The van der Waals surface area contributed by atoms with Crippen molar-refractivity contribution in [1.82, 2.24) is 0 Å². The molecule has 1 N–H and O–H groups in total. The third-order valence-electron chi connectivity index (χ3n) is 5.45. The first kappa shape index (κ1) is 21.2. The zero-order chi connectivity index (χ0) is 18.9. The highest BCUT2D eigenvalue weighted by molar-refractivity contribution is 6.30. The van der Waals surface area contributed by atoms with E-state index in [0.717, 1.165) is 42.8 Å². The Kier molecular flexibility index (Phi) is 6.69. The van der Waals surface area contributed by atoms with Crippen molar-refractivity contribution in [2.45, 2.75) is 38.3 Å². The van der Waals surface area contributed by atoms with E-state index < -0.39 is 5.72 Å². The van der Waals surface area contributed by atoms with Crippen molar-refractivity contribution in [3.63, 3.8) is 0 Å². The molecule has 1 atom stereocenters. The van der Waals surface area contributed by atoms with E-state index in [0.29, 0.717) is 18.2 Å². The molecule has 2 aromatic rings. The molecule has 0 amide bonds. The average molecular weight is 466 g/mol. The Hall–Kier alpha value is -1.56. The maximum absolute atomic E-state index is 11.9. The number of nitrogens with zero attached hydrogens (tertiary/aromatic N) is 2. The van der Waals surface area contributed by atoms with Crippen LogP contribution in [0.15, 0.2) is 48.5 Å². The van der Waals surface area contributed by atoms with Gasteiger partial charge in [-0.25, -0.2) is 0 Å². The summed E-state index contributed by atoms with van der Waals surface area (Å²) >= 11 is 6.08. The number of hydrogen-bond acceptors (Lipinski definition) is 3. The largest absolute Gasteiger partial charge is 1.00 e. The lowest BCUT2D eigenvalue weighted by molar-refractivity contribution is -0.534. The van der Waals surface area contributed by atoms with Gasteiger partial charge in [-0.1, -0.05) is 23.7 Å². The summed E-state index contributed by atoms with van der Waals surface area (Å²) < 4.78 is 7.93. The second-order valence-electron chi connectivity index (χ2n) is 7.23. The molecule has 2 heterocycles. The van der Waals surface area contributed by atoms with E-state index in [1.54, 1.807) is 0 Å². The van der Waals surface area contributed by atoms with Gasteiger partial charge >= 0.3 is 0 Å². The van der Waals surface area contributed by atoms with Crippen molar-refractivity contribution >= 4 is 23.1 Å². The van der Waals surface area contributed by atoms with Gasteiger partial charge in [0.15, 0.2) is 6.54 Å². The molecule has 0 bridgehead atoms. The van der Waals surface area contributed by atoms with Crippen LogP contribution in [-0.4, -0.2) is 35.2 Å². The van der Waals surface area contributed by atoms with Gasteiger partial charge in [0, 0.05) is 17.0 Å². The number of halogens is 2. The lowest BCUT2D eigenvalue weighted by Gasteiger charge is -2.29. The van der Waals surface area contributed by atoms with Gasteiger partial charge in [0.2, 0.25) is 0 Å². The van der Waals surface area contributed by atoms with Crippen molar-refractivity contribution in [1.29, 1.82) is 0 Å². The van der Waals surface area contributed by atoms with Crippen LogP contribution >= 0.6 is 11.6 Å². The van der Waals surface area contributed by atoms with E-state index in [9.17, 15) is 5.11 Å². The molecule has 2 aliphatic heterocycles. The van der Waals surface area contributed by atoms with Crippen molar-refractivity contribution in [2.75, 3.05) is 24.6 Å². The van der Waals surface area contributed by atoms with Crippen molar-refractivity contribution in [3.8, 4) is 5.75 Å². The van der Waals surface area contributed by atoms with E-state index in [4.69, 9.17) is 16.3 Å². The third-order valence-corrected chi connectivity index (χ3v) is 5.70. The summed E-state index contributed by atoms with van der Waals surface area (Å²) in [5, 5.41) is 12.5.